The molecule has 1 unspecified atom stereocenters. The number of hydrogen-bond acceptors (Lipinski definition) is 5. The van der Waals surface area contributed by atoms with Gasteiger partial charge in [0.05, 0.1) is 6.61 Å². The van der Waals surface area contributed by atoms with Crippen LogP contribution in [0.2, 0.25) is 0 Å². The zero-order chi connectivity index (χ0) is 17.3. The first kappa shape index (κ1) is 17.0. The topological polar surface area (TPSA) is 57.0 Å². The minimum atomic E-state index is -0.171. The molecule has 1 atom stereocenters. The fraction of sp³-hybridized carbons (Fsp3) is 0.500. The van der Waals surface area contributed by atoms with Gasteiger partial charge in [-0.05, 0) is 17.9 Å². The predicted octanol–water partition coefficient (Wildman–Crippen LogP) is 3.67. The molecule has 0 amide bonds. The highest BCUT2D eigenvalue weighted by Gasteiger charge is 2.30. The highest BCUT2D eigenvalue weighted by Crippen LogP contribution is 2.31. The van der Waals surface area contributed by atoms with E-state index < -0.39 is 0 Å². The molecule has 0 spiro atoms. The number of hydrogen-bond donors (Lipinski definition) is 0. The number of esters is 1. The van der Waals surface area contributed by atoms with E-state index in [1.807, 2.05) is 0 Å². The monoisotopic (exact) mass is 345 g/mol. The Labute approximate surface area is 146 Å². The number of cyclic esters (lactones) is 1. The van der Waals surface area contributed by atoms with Crippen molar-refractivity contribution in [3.8, 4) is 11.4 Å². The van der Waals surface area contributed by atoms with E-state index in [1.54, 1.807) is 0 Å². The van der Waals surface area contributed by atoms with Crippen molar-refractivity contribution < 1.29 is 9.53 Å². The summed E-state index contributed by atoms with van der Waals surface area (Å²) >= 11 is 1.45. The number of nitrogens with zero attached hydrogens (tertiary/aromatic N) is 3. The minimum absolute atomic E-state index is 0.126. The van der Waals surface area contributed by atoms with Crippen LogP contribution in [0.3, 0.4) is 0 Å². The van der Waals surface area contributed by atoms with E-state index in [1.165, 1.54) is 17.3 Å². The van der Waals surface area contributed by atoms with Gasteiger partial charge >= 0.3 is 5.97 Å². The molecule has 0 aliphatic carbocycles. The van der Waals surface area contributed by atoms with Gasteiger partial charge in [-0.2, -0.15) is 0 Å². The average molecular weight is 345 g/mol. The standard InChI is InChI=1S/C18H23N3O2S/c1-5-21-15(12-6-8-13(9-7-12)18(2,3)4)19-20-17(21)24-14-10-11-23-16(14)22/h6-9,14H,5,10-11H2,1-4H3. The quantitative estimate of drug-likeness (QED) is 0.791. The zero-order valence-corrected chi connectivity index (χ0v) is 15.4. The maximum absolute atomic E-state index is 11.7. The fourth-order valence-electron chi connectivity index (χ4n) is 2.71. The van der Waals surface area contributed by atoms with Crippen molar-refractivity contribution in [1.29, 1.82) is 0 Å². The van der Waals surface area contributed by atoms with Gasteiger partial charge in [0.15, 0.2) is 11.0 Å². The average Bonchev–Trinajstić information content (AvgIpc) is 3.13. The summed E-state index contributed by atoms with van der Waals surface area (Å²) < 4.78 is 7.09. The maximum atomic E-state index is 11.7. The summed E-state index contributed by atoms with van der Waals surface area (Å²) in [6, 6.07) is 8.47. The van der Waals surface area contributed by atoms with Crippen LogP contribution in [0.1, 0.15) is 39.7 Å². The summed E-state index contributed by atoms with van der Waals surface area (Å²) in [6.45, 7) is 9.92. The van der Waals surface area contributed by atoms with Crippen LogP contribution in [0.25, 0.3) is 11.4 Å². The Balaban J connectivity index is 1.87. The summed E-state index contributed by atoms with van der Waals surface area (Å²) in [4.78, 5) is 11.7. The number of benzene rings is 1. The van der Waals surface area contributed by atoms with Gasteiger partial charge in [-0.15, -0.1) is 10.2 Å². The van der Waals surface area contributed by atoms with Gasteiger partial charge in [0.1, 0.15) is 5.25 Å². The molecule has 0 N–H and O–H groups in total. The second kappa shape index (κ2) is 6.59. The van der Waals surface area contributed by atoms with Gasteiger partial charge in [0, 0.05) is 18.5 Å². The normalized spacial score (nSPS) is 18.0. The molecule has 2 heterocycles. The Hall–Kier alpha value is -1.82. The van der Waals surface area contributed by atoms with Crippen LogP contribution in [-0.4, -0.2) is 32.6 Å². The van der Waals surface area contributed by atoms with E-state index in [4.69, 9.17) is 4.74 Å². The van der Waals surface area contributed by atoms with Crippen LogP contribution in [0.4, 0.5) is 0 Å². The van der Waals surface area contributed by atoms with E-state index in [0.717, 1.165) is 29.5 Å². The molecule has 1 fully saturated rings. The highest BCUT2D eigenvalue weighted by molar-refractivity contribution is 8.00. The first-order valence-electron chi connectivity index (χ1n) is 8.27. The molecule has 1 saturated heterocycles. The summed E-state index contributed by atoms with van der Waals surface area (Å²) in [5.41, 5.74) is 2.45. The van der Waals surface area contributed by atoms with Gasteiger partial charge in [-0.3, -0.25) is 4.79 Å². The van der Waals surface area contributed by atoms with Crippen molar-refractivity contribution >= 4 is 17.7 Å². The van der Waals surface area contributed by atoms with Gasteiger partial charge in [0.2, 0.25) is 0 Å². The second-order valence-electron chi connectivity index (χ2n) is 6.94. The molecule has 128 valence electrons. The Bertz CT molecular complexity index is 732. The SMILES string of the molecule is CCn1c(SC2CCOC2=O)nnc1-c1ccc(C(C)(C)C)cc1. The molecule has 1 aromatic carbocycles. The van der Waals surface area contributed by atoms with Crippen LogP contribution < -0.4 is 0 Å². The summed E-state index contributed by atoms with van der Waals surface area (Å²) in [7, 11) is 0. The van der Waals surface area contributed by atoms with Crippen LogP contribution >= 0.6 is 11.8 Å². The summed E-state index contributed by atoms with van der Waals surface area (Å²) in [5, 5.41) is 9.26. The Morgan fingerprint density at radius 2 is 1.96 bits per heavy atom. The molecule has 0 saturated carbocycles. The molecule has 1 aromatic heterocycles. The fourth-order valence-corrected chi connectivity index (χ4v) is 3.77. The van der Waals surface area contributed by atoms with E-state index in [9.17, 15) is 4.79 Å². The molecule has 0 bridgehead atoms. The third-order valence-corrected chi connectivity index (χ3v) is 5.40. The Morgan fingerprint density at radius 1 is 1.25 bits per heavy atom. The molecule has 24 heavy (non-hydrogen) atoms. The van der Waals surface area contributed by atoms with Crippen LogP contribution in [0.15, 0.2) is 29.4 Å². The third-order valence-electron chi connectivity index (χ3n) is 4.18. The first-order chi connectivity index (χ1) is 11.4. The smallest absolute Gasteiger partial charge is 0.319 e. The largest absolute Gasteiger partial charge is 0.465 e. The molecule has 3 rings (SSSR count). The summed E-state index contributed by atoms with van der Waals surface area (Å²) in [5.74, 6) is 0.688. The van der Waals surface area contributed by atoms with Gasteiger partial charge < -0.3 is 9.30 Å². The van der Waals surface area contributed by atoms with E-state index in [2.05, 4.69) is 66.7 Å². The van der Waals surface area contributed by atoms with E-state index >= 15 is 0 Å². The molecule has 1 aliphatic heterocycles. The predicted molar refractivity (Wildman–Crippen MR) is 95.1 cm³/mol. The number of thioether (sulfide) groups is 1. The van der Waals surface area contributed by atoms with Crippen molar-refractivity contribution in [2.75, 3.05) is 6.61 Å². The third kappa shape index (κ3) is 3.34. The zero-order valence-electron chi connectivity index (χ0n) is 14.6. The number of ether oxygens (including phenoxy) is 1. The van der Waals surface area contributed by atoms with Gasteiger partial charge in [-0.1, -0.05) is 56.8 Å². The van der Waals surface area contributed by atoms with E-state index in [0.29, 0.717) is 6.61 Å². The number of rotatable bonds is 4. The lowest BCUT2D eigenvalue weighted by atomic mass is 9.87. The molecule has 2 aromatic rings. The number of carbonyl (C=O) groups excluding carboxylic acids is 1. The lowest BCUT2D eigenvalue weighted by molar-refractivity contribution is -0.137. The first-order valence-corrected chi connectivity index (χ1v) is 9.15. The summed E-state index contributed by atoms with van der Waals surface area (Å²) in [6.07, 6.45) is 0.732. The number of aromatic nitrogens is 3. The van der Waals surface area contributed by atoms with Crippen molar-refractivity contribution in [2.45, 2.75) is 56.5 Å². The molecule has 0 radical (unpaired) electrons. The molecule has 1 aliphatic rings. The van der Waals surface area contributed by atoms with E-state index in [-0.39, 0.29) is 16.6 Å². The van der Waals surface area contributed by atoms with Crippen molar-refractivity contribution in [2.24, 2.45) is 0 Å². The number of carbonyl (C=O) groups is 1. The van der Waals surface area contributed by atoms with Crippen LogP contribution in [0, 0.1) is 0 Å². The molecular formula is C18H23N3O2S. The van der Waals surface area contributed by atoms with Crippen molar-refractivity contribution in [3.05, 3.63) is 29.8 Å². The Morgan fingerprint density at radius 3 is 2.50 bits per heavy atom. The molecular weight excluding hydrogens is 322 g/mol. The second-order valence-corrected chi connectivity index (χ2v) is 8.11. The Kier molecular flexibility index (Phi) is 4.67. The minimum Gasteiger partial charge on any atom is -0.465 e. The maximum Gasteiger partial charge on any atom is 0.319 e. The molecule has 6 heteroatoms. The highest BCUT2D eigenvalue weighted by atomic mass is 32.2. The lowest BCUT2D eigenvalue weighted by Gasteiger charge is -2.19. The van der Waals surface area contributed by atoms with Gasteiger partial charge in [-0.25, -0.2) is 0 Å². The van der Waals surface area contributed by atoms with Gasteiger partial charge in [0.25, 0.3) is 0 Å². The molecule has 5 nitrogen and oxygen atoms in total. The van der Waals surface area contributed by atoms with Crippen LogP contribution in [0.5, 0.6) is 0 Å². The van der Waals surface area contributed by atoms with Crippen LogP contribution in [-0.2, 0) is 21.5 Å². The lowest BCUT2D eigenvalue weighted by Crippen LogP contribution is -2.11. The van der Waals surface area contributed by atoms with Crippen molar-refractivity contribution in [1.82, 2.24) is 14.8 Å². The van der Waals surface area contributed by atoms with Crippen molar-refractivity contribution in [3.63, 3.8) is 0 Å².